The lowest BCUT2D eigenvalue weighted by Crippen LogP contribution is -2.17. The quantitative estimate of drug-likeness (QED) is 0.541. The molecule has 3 nitrogen and oxygen atoms in total. The standard InChI is InChI=1S/C23H27NO2/c1-4-6-7-9-18-12-19-10-8-11-24-15-21(16(3)25)23(26)14-22(24)20(19)13-17(18)5-2/h5,12-15H,2,4,6-11H2,1,3H3. The first kappa shape index (κ1) is 18.4. The Morgan fingerprint density at radius 1 is 1.27 bits per heavy atom. The van der Waals surface area contributed by atoms with Gasteiger partial charge in [0, 0.05) is 24.4 Å². The second kappa shape index (κ2) is 7.86. The maximum Gasteiger partial charge on any atom is 0.192 e. The number of rotatable bonds is 6. The van der Waals surface area contributed by atoms with Crippen molar-refractivity contribution in [1.29, 1.82) is 0 Å². The highest BCUT2D eigenvalue weighted by atomic mass is 16.1. The summed E-state index contributed by atoms with van der Waals surface area (Å²) in [5, 5.41) is 0. The number of aryl methyl sites for hydroxylation is 3. The molecule has 0 spiro atoms. The highest BCUT2D eigenvalue weighted by molar-refractivity contribution is 5.94. The number of nitrogens with zero attached hydrogens (tertiary/aromatic N) is 1. The Morgan fingerprint density at radius 2 is 2.08 bits per heavy atom. The second-order valence-electron chi connectivity index (χ2n) is 7.16. The van der Waals surface area contributed by atoms with Gasteiger partial charge in [-0.2, -0.15) is 0 Å². The van der Waals surface area contributed by atoms with E-state index >= 15 is 0 Å². The van der Waals surface area contributed by atoms with Gasteiger partial charge in [-0.05, 0) is 55.4 Å². The first-order chi connectivity index (χ1) is 12.5. The first-order valence-electron chi connectivity index (χ1n) is 9.59. The molecule has 0 aliphatic carbocycles. The number of Topliss-reactive ketones (excluding diaryl/α,β-unsaturated/α-hetero) is 1. The molecule has 2 aromatic rings. The zero-order chi connectivity index (χ0) is 18.7. The Labute approximate surface area is 155 Å². The average Bonchev–Trinajstić information content (AvgIpc) is 2.79. The zero-order valence-corrected chi connectivity index (χ0v) is 15.8. The summed E-state index contributed by atoms with van der Waals surface area (Å²) < 4.78 is 2.06. The number of carbonyl (C=O) groups excluding carboxylic acids is 1. The summed E-state index contributed by atoms with van der Waals surface area (Å²) in [6.07, 6.45) is 10.3. The van der Waals surface area contributed by atoms with Crippen molar-refractivity contribution in [2.75, 3.05) is 0 Å². The fourth-order valence-electron chi connectivity index (χ4n) is 3.83. The number of aromatic nitrogens is 1. The Kier molecular flexibility index (Phi) is 5.55. The fourth-order valence-corrected chi connectivity index (χ4v) is 3.83. The van der Waals surface area contributed by atoms with Gasteiger partial charge in [0.05, 0.1) is 11.3 Å². The number of carbonyl (C=O) groups is 1. The molecular weight excluding hydrogens is 322 g/mol. The summed E-state index contributed by atoms with van der Waals surface area (Å²) >= 11 is 0. The van der Waals surface area contributed by atoms with Crippen LogP contribution >= 0.6 is 0 Å². The van der Waals surface area contributed by atoms with E-state index in [4.69, 9.17) is 0 Å². The van der Waals surface area contributed by atoms with Gasteiger partial charge in [-0.3, -0.25) is 9.59 Å². The van der Waals surface area contributed by atoms with E-state index in [1.807, 2.05) is 6.08 Å². The summed E-state index contributed by atoms with van der Waals surface area (Å²) in [4.78, 5) is 24.1. The van der Waals surface area contributed by atoms with Crippen molar-refractivity contribution in [2.24, 2.45) is 0 Å². The van der Waals surface area contributed by atoms with E-state index in [9.17, 15) is 9.59 Å². The monoisotopic (exact) mass is 349 g/mol. The number of unbranched alkanes of at least 4 members (excludes halogenated alkanes) is 2. The third kappa shape index (κ3) is 3.57. The Hall–Kier alpha value is -2.42. The maximum absolute atomic E-state index is 12.4. The Bertz CT molecular complexity index is 905. The molecule has 26 heavy (non-hydrogen) atoms. The predicted octanol–water partition coefficient (Wildman–Crippen LogP) is 5.04. The van der Waals surface area contributed by atoms with Crippen LogP contribution in [-0.2, 0) is 19.4 Å². The molecule has 0 bridgehead atoms. The van der Waals surface area contributed by atoms with Crippen LogP contribution in [0.25, 0.3) is 17.3 Å². The molecule has 0 amide bonds. The van der Waals surface area contributed by atoms with Gasteiger partial charge in [0.15, 0.2) is 11.2 Å². The highest BCUT2D eigenvalue weighted by Gasteiger charge is 2.18. The molecule has 1 aliphatic heterocycles. The van der Waals surface area contributed by atoms with E-state index in [1.165, 1.54) is 37.3 Å². The molecule has 0 unspecified atom stereocenters. The predicted molar refractivity (Wildman–Crippen MR) is 108 cm³/mol. The van der Waals surface area contributed by atoms with Crippen molar-refractivity contribution in [3.63, 3.8) is 0 Å². The Morgan fingerprint density at radius 3 is 2.77 bits per heavy atom. The molecule has 0 fully saturated rings. The van der Waals surface area contributed by atoms with Gasteiger partial charge in [-0.15, -0.1) is 0 Å². The van der Waals surface area contributed by atoms with E-state index in [1.54, 1.807) is 12.3 Å². The number of ketones is 1. The van der Waals surface area contributed by atoms with Gasteiger partial charge >= 0.3 is 0 Å². The van der Waals surface area contributed by atoms with Gasteiger partial charge in [-0.1, -0.05) is 38.5 Å². The minimum Gasteiger partial charge on any atom is -0.346 e. The molecule has 0 N–H and O–H groups in total. The van der Waals surface area contributed by atoms with Crippen LogP contribution in [0, 0.1) is 0 Å². The normalized spacial score (nSPS) is 12.8. The fraction of sp³-hybridized carbons (Fsp3) is 0.391. The van der Waals surface area contributed by atoms with Crippen molar-refractivity contribution in [1.82, 2.24) is 4.57 Å². The summed E-state index contributed by atoms with van der Waals surface area (Å²) in [7, 11) is 0. The second-order valence-corrected chi connectivity index (χ2v) is 7.16. The number of benzene rings is 1. The van der Waals surface area contributed by atoms with Gasteiger partial charge in [0.1, 0.15) is 0 Å². The van der Waals surface area contributed by atoms with E-state index < -0.39 is 0 Å². The van der Waals surface area contributed by atoms with Crippen molar-refractivity contribution in [3.05, 3.63) is 63.5 Å². The van der Waals surface area contributed by atoms with Crippen LogP contribution in [0.1, 0.15) is 66.6 Å². The molecule has 2 heterocycles. The first-order valence-corrected chi connectivity index (χ1v) is 9.59. The zero-order valence-electron chi connectivity index (χ0n) is 15.8. The van der Waals surface area contributed by atoms with Crippen LogP contribution in [-0.4, -0.2) is 10.4 Å². The largest absolute Gasteiger partial charge is 0.346 e. The highest BCUT2D eigenvalue weighted by Crippen LogP contribution is 2.32. The van der Waals surface area contributed by atoms with Crippen LogP contribution in [0.4, 0.5) is 0 Å². The van der Waals surface area contributed by atoms with E-state index in [-0.39, 0.29) is 16.8 Å². The SMILES string of the molecule is C=Cc1cc2c(cc1CCCCC)CCCn1cc(C(C)=O)c(=O)cc1-2. The van der Waals surface area contributed by atoms with Crippen molar-refractivity contribution < 1.29 is 4.79 Å². The summed E-state index contributed by atoms with van der Waals surface area (Å²) in [5.41, 5.74) is 5.89. The molecule has 3 heteroatoms. The maximum atomic E-state index is 12.4. The molecule has 3 rings (SSSR count). The molecular formula is C23H27NO2. The molecule has 136 valence electrons. The lowest BCUT2D eigenvalue weighted by Gasteiger charge is -2.16. The van der Waals surface area contributed by atoms with Gasteiger partial charge in [0.25, 0.3) is 0 Å². The summed E-state index contributed by atoms with van der Waals surface area (Å²) in [5.74, 6) is -0.173. The average molecular weight is 349 g/mol. The van der Waals surface area contributed by atoms with Crippen molar-refractivity contribution in [3.8, 4) is 11.3 Å². The molecule has 1 aromatic heterocycles. The van der Waals surface area contributed by atoms with Crippen molar-refractivity contribution in [2.45, 2.75) is 58.9 Å². The van der Waals surface area contributed by atoms with Crippen LogP contribution in [0.15, 0.2) is 35.8 Å². The third-order valence-corrected chi connectivity index (χ3v) is 5.26. The minimum absolute atomic E-state index is 0.173. The third-order valence-electron chi connectivity index (χ3n) is 5.26. The van der Waals surface area contributed by atoms with Gasteiger partial charge in [-0.25, -0.2) is 0 Å². The van der Waals surface area contributed by atoms with Crippen molar-refractivity contribution >= 4 is 11.9 Å². The number of pyridine rings is 1. The summed E-state index contributed by atoms with van der Waals surface area (Å²) in [6, 6.07) is 6.11. The topological polar surface area (TPSA) is 39.1 Å². The van der Waals surface area contributed by atoms with Gasteiger partial charge in [0.2, 0.25) is 0 Å². The number of hydrogen-bond donors (Lipinski definition) is 0. The summed E-state index contributed by atoms with van der Waals surface area (Å²) in [6.45, 7) is 8.48. The van der Waals surface area contributed by atoms with E-state index in [0.717, 1.165) is 42.6 Å². The Balaban J connectivity index is 2.12. The lowest BCUT2D eigenvalue weighted by atomic mass is 9.92. The van der Waals surface area contributed by atoms with Crippen LogP contribution in [0.5, 0.6) is 0 Å². The molecule has 1 aliphatic rings. The molecule has 0 saturated carbocycles. The van der Waals surface area contributed by atoms with Crippen LogP contribution < -0.4 is 5.43 Å². The minimum atomic E-state index is -0.191. The van der Waals surface area contributed by atoms with E-state index in [0.29, 0.717) is 0 Å². The smallest absolute Gasteiger partial charge is 0.192 e. The number of hydrogen-bond acceptors (Lipinski definition) is 2. The van der Waals surface area contributed by atoms with E-state index in [2.05, 4.69) is 30.2 Å². The number of fused-ring (bicyclic) bond motifs is 3. The van der Waals surface area contributed by atoms with Gasteiger partial charge < -0.3 is 4.57 Å². The molecule has 0 radical (unpaired) electrons. The lowest BCUT2D eigenvalue weighted by molar-refractivity contribution is 0.101. The van der Waals surface area contributed by atoms with Crippen LogP contribution in [0.3, 0.4) is 0 Å². The van der Waals surface area contributed by atoms with Crippen LogP contribution in [0.2, 0.25) is 0 Å². The molecule has 0 saturated heterocycles. The molecule has 0 atom stereocenters. The molecule has 1 aromatic carbocycles.